The quantitative estimate of drug-likeness (QED) is 0.896. The van der Waals surface area contributed by atoms with Gasteiger partial charge in [0, 0.05) is 32.2 Å². The fourth-order valence-electron chi connectivity index (χ4n) is 2.57. The summed E-state index contributed by atoms with van der Waals surface area (Å²) in [4.78, 5) is 1.82. The van der Waals surface area contributed by atoms with Crippen LogP contribution in [0, 0.1) is 0 Å². The predicted octanol–water partition coefficient (Wildman–Crippen LogP) is 2.30. The first kappa shape index (κ1) is 15.9. The largest absolute Gasteiger partial charge is 0.504 e. The van der Waals surface area contributed by atoms with Gasteiger partial charge in [0.25, 0.3) is 0 Å². The molecule has 118 valence electrons. The van der Waals surface area contributed by atoms with E-state index in [0.29, 0.717) is 31.7 Å². The molecule has 2 rings (SSSR count). The smallest absolute Gasteiger partial charge is 0.390 e. The number of benzene rings is 1. The highest BCUT2D eigenvalue weighted by atomic mass is 19.4. The number of methoxy groups -OCH3 is 1. The molecular formula is C14H19F3N2O2. The summed E-state index contributed by atoms with van der Waals surface area (Å²) in [6, 6.07) is 3.62. The molecule has 7 heteroatoms. The minimum absolute atomic E-state index is 0.0766. The molecule has 0 amide bonds. The number of aromatic hydroxyl groups is 1. The Bertz CT molecular complexity index is 474. The number of piperazine rings is 1. The van der Waals surface area contributed by atoms with E-state index in [-0.39, 0.29) is 11.5 Å². The van der Waals surface area contributed by atoms with Gasteiger partial charge in [0.2, 0.25) is 0 Å². The third-order valence-electron chi connectivity index (χ3n) is 3.61. The average molecular weight is 304 g/mol. The van der Waals surface area contributed by atoms with E-state index in [0.717, 1.165) is 0 Å². The van der Waals surface area contributed by atoms with Crippen molar-refractivity contribution in [1.29, 1.82) is 0 Å². The molecule has 1 heterocycles. The van der Waals surface area contributed by atoms with Crippen LogP contribution in [0.25, 0.3) is 0 Å². The maximum atomic E-state index is 12.9. The van der Waals surface area contributed by atoms with Crippen molar-refractivity contribution < 1.29 is 23.0 Å². The van der Waals surface area contributed by atoms with Gasteiger partial charge in [-0.05, 0) is 17.7 Å². The summed E-state index contributed by atoms with van der Waals surface area (Å²) in [5, 5.41) is 12.7. The van der Waals surface area contributed by atoms with Crippen molar-refractivity contribution in [1.82, 2.24) is 10.2 Å². The van der Waals surface area contributed by atoms with Crippen LogP contribution in [0.5, 0.6) is 11.5 Å². The van der Waals surface area contributed by atoms with Gasteiger partial charge in [-0.25, -0.2) is 0 Å². The van der Waals surface area contributed by atoms with E-state index in [2.05, 4.69) is 5.32 Å². The number of phenols is 1. The molecule has 0 bridgehead atoms. The Morgan fingerprint density at radius 2 is 2.00 bits per heavy atom. The Balaban J connectivity index is 2.29. The molecule has 1 fully saturated rings. The van der Waals surface area contributed by atoms with Gasteiger partial charge in [-0.15, -0.1) is 0 Å². The maximum absolute atomic E-state index is 12.9. The highest BCUT2D eigenvalue weighted by Gasteiger charge is 2.36. The first-order chi connectivity index (χ1) is 9.90. The van der Waals surface area contributed by atoms with Crippen molar-refractivity contribution >= 4 is 0 Å². The van der Waals surface area contributed by atoms with Crippen molar-refractivity contribution in [3.63, 3.8) is 0 Å². The van der Waals surface area contributed by atoms with E-state index in [9.17, 15) is 18.3 Å². The van der Waals surface area contributed by atoms with Gasteiger partial charge < -0.3 is 15.2 Å². The van der Waals surface area contributed by atoms with Crippen LogP contribution in [0.2, 0.25) is 0 Å². The molecule has 1 atom stereocenters. The van der Waals surface area contributed by atoms with Crippen LogP contribution in [-0.2, 0) is 0 Å². The first-order valence-electron chi connectivity index (χ1n) is 6.79. The summed E-state index contributed by atoms with van der Waals surface area (Å²) in [5.74, 6) is 0.113. The van der Waals surface area contributed by atoms with Crippen LogP contribution in [0.15, 0.2) is 18.2 Å². The SMILES string of the molecule is COc1cc([C@@H](CC(F)(F)F)N2CCNCC2)ccc1O. The van der Waals surface area contributed by atoms with E-state index in [1.54, 1.807) is 0 Å². The van der Waals surface area contributed by atoms with Gasteiger partial charge in [0.15, 0.2) is 11.5 Å². The number of nitrogens with zero attached hydrogens (tertiary/aromatic N) is 1. The van der Waals surface area contributed by atoms with Crippen LogP contribution < -0.4 is 10.1 Å². The normalized spacial score (nSPS) is 18.5. The van der Waals surface area contributed by atoms with Gasteiger partial charge in [-0.3, -0.25) is 4.90 Å². The molecule has 1 aromatic rings. The molecule has 0 unspecified atom stereocenters. The van der Waals surface area contributed by atoms with E-state index in [1.807, 2.05) is 4.90 Å². The number of nitrogens with one attached hydrogen (secondary N) is 1. The molecule has 0 saturated carbocycles. The Morgan fingerprint density at radius 3 is 2.57 bits per heavy atom. The summed E-state index contributed by atoms with van der Waals surface area (Å²) in [6.07, 6.45) is -5.17. The molecule has 1 aliphatic rings. The number of alkyl halides is 3. The second-order valence-electron chi connectivity index (χ2n) is 5.05. The molecule has 4 nitrogen and oxygen atoms in total. The van der Waals surface area contributed by atoms with Gasteiger partial charge in [-0.2, -0.15) is 13.2 Å². The number of halogens is 3. The summed E-state index contributed by atoms with van der Waals surface area (Å²) < 4.78 is 43.6. The van der Waals surface area contributed by atoms with Crippen molar-refractivity contribution in [3.05, 3.63) is 23.8 Å². The number of ether oxygens (including phenoxy) is 1. The Morgan fingerprint density at radius 1 is 1.33 bits per heavy atom. The molecule has 2 N–H and O–H groups in total. The zero-order chi connectivity index (χ0) is 15.5. The molecule has 1 saturated heterocycles. The van der Waals surface area contributed by atoms with Crippen molar-refractivity contribution in [2.45, 2.75) is 18.6 Å². The minimum Gasteiger partial charge on any atom is -0.504 e. The van der Waals surface area contributed by atoms with E-state index in [4.69, 9.17) is 4.74 Å². The van der Waals surface area contributed by atoms with Gasteiger partial charge >= 0.3 is 6.18 Å². The summed E-state index contributed by atoms with van der Waals surface area (Å²) in [5.41, 5.74) is 0.504. The summed E-state index contributed by atoms with van der Waals surface area (Å²) in [7, 11) is 1.38. The lowest BCUT2D eigenvalue weighted by atomic mass is 10.00. The van der Waals surface area contributed by atoms with Crippen LogP contribution in [0.3, 0.4) is 0 Å². The molecule has 0 aliphatic carbocycles. The van der Waals surface area contributed by atoms with Crippen LogP contribution in [-0.4, -0.2) is 49.5 Å². The van der Waals surface area contributed by atoms with Crippen LogP contribution in [0.1, 0.15) is 18.0 Å². The number of hydrogen-bond acceptors (Lipinski definition) is 4. The molecule has 1 aromatic carbocycles. The van der Waals surface area contributed by atoms with E-state index in [1.165, 1.54) is 25.3 Å². The van der Waals surface area contributed by atoms with Crippen molar-refractivity contribution in [2.24, 2.45) is 0 Å². The van der Waals surface area contributed by atoms with E-state index < -0.39 is 18.6 Å². The van der Waals surface area contributed by atoms with Gasteiger partial charge in [0.05, 0.1) is 13.5 Å². The topological polar surface area (TPSA) is 44.7 Å². The summed E-state index contributed by atoms with van der Waals surface area (Å²) >= 11 is 0. The molecule has 1 aliphatic heterocycles. The van der Waals surface area contributed by atoms with Crippen molar-refractivity contribution in [2.75, 3.05) is 33.3 Å². The Labute approximate surface area is 121 Å². The number of hydrogen-bond donors (Lipinski definition) is 2. The first-order valence-corrected chi connectivity index (χ1v) is 6.79. The van der Waals surface area contributed by atoms with E-state index >= 15 is 0 Å². The van der Waals surface area contributed by atoms with Gasteiger partial charge in [0.1, 0.15) is 0 Å². The molecule has 0 aromatic heterocycles. The molecule has 21 heavy (non-hydrogen) atoms. The summed E-state index contributed by atoms with van der Waals surface area (Å²) in [6.45, 7) is 2.46. The highest BCUT2D eigenvalue weighted by Crippen LogP contribution is 2.37. The molecular weight excluding hydrogens is 285 g/mol. The van der Waals surface area contributed by atoms with Crippen molar-refractivity contribution in [3.8, 4) is 11.5 Å². The second kappa shape index (κ2) is 6.53. The van der Waals surface area contributed by atoms with Crippen LogP contribution in [0.4, 0.5) is 13.2 Å². The number of phenolic OH excluding ortho intramolecular Hbond substituents is 1. The molecule has 0 radical (unpaired) electrons. The monoisotopic (exact) mass is 304 g/mol. The lowest BCUT2D eigenvalue weighted by molar-refractivity contribution is -0.148. The molecule has 0 spiro atoms. The highest BCUT2D eigenvalue weighted by molar-refractivity contribution is 5.42. The predicted molar refractivity (Wildman–Crippen MR) is 72.5 cm³/mol. The van der Waals surface area contributed by atoms with Gasteiger partial charge in [-0.1, -0.05) is 6.07 Å². The minimum atomic E-state index is -4.25. The Hall–Kier alpha value is -1.47. The lowest BCUT2D eigenvalue weighted by Crippen LogP contribution is -2.46. The standard InChI is InChI=1S/C14H19F3N2O2/c1-21-13-8-10(2-3-12(13)20)11(9-14(15,16)17)19-6-4-18-5-7-19/h2-3,8,11,18,20H,4-7,9H2,1H3/t11-/m1/s1. The zero-order valence-electron chi connectivity index (χ0n) is 11.8. The maximum Gasteiger partial charge on any atom is 0.390 e. The zero-order valence-corrected chi connectivity index (χ0v) is 11.8. The number of rotatable bonds is 4. The fraction of sp³-hybridized carbons (Fsp3) is 0.571. The van der Waals surface area contributed by atoms with Crippen LogP contribution >= 0.6 is 0 Å². The lowest BCUT2D eigenvalue weighted by Gasteiger charge is -2.35. The third-order valence-corrected chi connectivity index (χ3v) is 3.61. The average Bonchev–Trinajstić information content (AvgIpc) is 2.45. The third kappa shape index (κ3) is 4.25. The fourth-order valence-corrected chi connectivity index (χ4v) is 2.57. The Kier molecular flexibility index (Phi) is 4.95. The second-order valence-corrected chi connectivity index (χ2v) is 5.05.